The molecule has 0 spiro atoms. The van der Waals surface area contributed by atoms with E-state index in [9.17, 15) is 13.6 Å². The minimum absolute atomic E-state index is 0.0270. The Hall–Kier alpha value is -3.28. The maximum Gasteiger partial charge on any atom is 0.387 e. The number of aromatic nitrogens is 1. The van der Waals surface area contributed by atoms with E-state index in [1.165, 1.54) is 24.3 Å². The Morgan fingerprint density at radius 1 is 0.885 bits per heavy atom. The number of hydrogen-bond acceptors (Lipinski definition) is 4. The summed E-state index contributed by atoms with van der Waals surface area (Å²) in [4.78, 5) is 16.8. The quantitative estimate of drug-likeness (QED) is 0.605. The minimum Gasteiger partial charge on any atom is -0.447 e. The average Bonchev–Trinajstić information content (AvgIpc) is 2.67. The molecule has 2 aromatic carbocycles. The number of rotatable bonds is 6. The van der Waals surface area contributed by atoms with Crippen LogP contribution in [0.3, 0.4) is 0 Å². The van der Waals surface area contributed by atoms with E-state index in [2.05, 4.69) is 9.72 Å². The lowest BCUT2D eigenvalue weighted by Crippen LogP contribution is -2.14. The SMILES string of the molecule is O=C(OC(c1ccccc1)c1ccccn1)c1ccc(OC(F)F)cc1. The normalized spacial score (nSPS) is 11.8. The van der Waals surface area contributed by atoms with Crippen LogP contribution in [-0.2, 0) is 4.74 Å². The van der Waals surface area contributed by atoms with Crippen molar-refractivity contribution in [2.24, 2.45) is 0 Å². The number of carbonyl (C=O) groups excluding carboxylic acids is 1. The molecule has 132 valence electrons. The Morgan fingerprint density at radius 2 is 1.58 bits per heavy atom. The predicted molar refractivity (Wildman–Crippen MR) is 91.0 cm³/mol. The summed E-state index contributed by atoms with van der Waals surface area (Å²) < 4.78 is 34.3. The minimum atomic E-state index is -2.92. The van der Waals surface area contributed by atoms with Crippen LogP contribution in [0.1, 0.15) is 27.7 Å². The molecule has 3 aromatic rings. The molecule has 1 aromatic heterocycles. The fraction of sp³-hybridized carbons (Fsp3) is 0.100. The number of halogens is 2. The van der Waals surface area contributed by atoms with Crippen LogP contribution in [-0.4, -0.2) is 17.6 Å². The molecule has 0 saturated heterocycles. The van der Waals surface area contributed by atoms with Gasteiger partial charge in [0.2, 0.25) is 0 Å². The molecule has 0 aliphatic heterocycles. The molecule has 1 heterocycles. The second-order valence-electron chi connectivity index (χ2n) is 5.35. The summed E-state index contributed by atoms with van der Waals surface area (Å²) in [6.45, 7) is -2.92. The molecule has 1 unspecified atom stereocenters. The fourth-order valence-electron chi connectivity index (χ4n) is 2.41. The number of esters is 1. The van der Waals surface area contributed by atoms with Gasteiger partial charge in [-0.25, -0.2) is 4.79 Å². The summed E-state index contributed by atoms with van der Waals surface area (Å²) in [5.41, 5.74) is 1.59. The van der Waals surface area contributed by atoms with Gasteiger partial charge in [-0.3, -0.25) is 4.98 Å². The molecular formula is C20H15F2NO3. The molecule has 0 radical (unpaired) electrons. The third-order valence-electron chi connectivity index (χ3n) is 3.60. The molecule has 0 amide bonds. The number of pyridine rings is 1. The smallest absolute Gasteiger partial charge is 0.387 e. The molecule has 1 atom stereocenters. The van der Waals surface area contributed by atoms with E-state index in [0.717, 1.165) is 5.56 Å². The number of ether oxygens (including phenoxy) is 2. The van der Waals surface area contributed by atoms with Crippen molar-refractivity contribution in [2.75, 3.05) is 0 Å². The van der Waals surface area contributed by atoms with E-state index in [1.807, 2.05) is 36.4 Å². The van der Waals surface area contributed by atoms with Gasteiger partial charge in [-0.1, -0.05) is 36.4 Å². The largest absolute Gasteiger partial charge is 0.447 e. The van der Waals surface area contributed by atoms with Crippen molar-refractivity contribution in [1.29, 1.82) is 0 Å². The second-order valence-corrected chi connectivity index (χ2v) is 5.35. The zero-order chi connectivity index (χ0) is 18.4. The first-order valence-corrected chi connectivity index (χ1v) is 7.85. The van der Waals surface area contributed by atoms with Gasteiger partial charge in [-0.2, -0.15) is 8.78 Å². The highest BCUT2D eigenvalue weighted by Crippen LogP contribution is 2.26. The van der Waals surface area contributed by atoms with Crippen LogP contribution in [0.15, 0.2) is 79.0 Å². The number of nitrogens with zero attached hydrogens (tertiary/aromatic N) is 1. The van der Waals surface area contributed by atoms with Gasteiger partial charge >= 0.3 is 12.6 Å². The lowest BCUT2D eigenvalue weighted by molar-refractivity contribution is -0.0498. The van der Waals surface area contributed by atoms with Crippen LogP contribution < -0.4 is 4.74 Å². The molecule has 0 aliphatic rings. The van der Waals surface area contributed by atoms with E-state index in [1.54, 1.807) is 18.3 Å². The van der Waals surface area contributed by atoms with Gasteiger partial charge in [0.05, 0.1) is 11.3 Å². The molecule has 0 bridgehead atoms. The van der Waals surface area contributed by atoms with Crippen molar-refractivity contribution in [1.82, 2.24) is 4.98 Å². The van der Waals surface area contributed by atoms with Crippen molar-refractivity contribution >= 4 is 5.97 Å². The van der Waals surface area contributed by atoms with Gasteiger partial charge in [0.1, 0.15) is 5.75 Å². The zero-order valence-corrected chi connectivity index (χ0v) is 13.6. The van der Waals surface area contributed by atoms with E-state index in [4.69, 9.17) is 4.74 Å². The summed E-state index contributed by atoms with van der Waals surface area (Å²) in [5.74, 6) is -0.617. The fourth-order valence-corrected chi connectivity index (χ4v) is 2.41. The average molecular weight is 355 g/mol. The van der Waals surface area contributed by atoms with Gasteiger partial charge in [0.25, 0.3) is 0 Å². The molecule has 0 saturated carbocycles. The monoisotopic (exact) mass is 355 g/mol. The van der Waals surface area contributed by atoms with E-state index < -0.39 is 18.7 Å². The molecule has 6 heteroatoms. The van der Waals surface area contributed by atoms with E-state index in [-0.39, 0.29) is 11.3 Å². The van der Waals surface area contributed by atoms with E-state index >= 15 is 0 Å². The number of benzene rings is 2. The van der Waals surface area contributed by atoms with Crippen LogP contribution in [0.4, 0.5) is 8.78 Å². The maximum absolute atomic E-state index is 12.5. The number of alkyl halides is 2. The summed E-state index contributed by atoms with van der Waals surface area (Å²) >= 11 is 0. The predicted octanol–water partition coefficient (Wildman–Crippen LogP) is 4.63. The van der Waals surface area contributed by atoms with Crippen LogP contribution in [0.5, 0.6) is 5.75 Å². The van der Waals surface area contributed by atoms with Crippen molar-refractivity contribution in [3.05, 3.63) is 95.8 Å². The molecule has 4 nitrogen and oxygen atoms in total. The third-order valence-corrected chi connectivity index (χ3v) is 3.60. The highest BCUT2D eigenvalue weighted by atomic mass is 19.3. The standard InChI is InChI=1S/C20H15F2NO3/c21-20(22)25-16-11-9-15(10-12-16)19(24)26-18(14-6-2-1-3-7-14)17-8-4-5-13-23-17/h1-13,18,20H. The Balaban J connectivity index is 1.81. The Labute approximate surface area is 149 Å². The molecule has 0 N–H and O–H groups in total. The second kappa shape index (κ2) is 8.20. The van der Waals surface area contributed by atoms with Gasteiger partial charge < -0.3 is 9.47 Å². The third kappa shape index (κ3) is 4.42. The van der Waals surface area contributed by atoms with Crippen molar-refractivity contribution < 1.29 is 23.0 Å². The van der Waals surface area contributed by atoms with E-state index in [0.29, 0.717) is 5.69 Å². The van der Waals surface area contributed by atoms with Crippen LogP contribution in [0.25, 0.3) is 0 Å². The van der Waals surface area contributed by atoms with Gasteiger partial charge in [0, 0.05) is 6.20 Å². The summed E-state index contributed by atoms with van der Waals surface area (Å²) in [7, 11) is 0. The topological polar surface area (TPSA) is 48.4 Å². The van der Waals surface area contributed by atoms with Crippen molar-refractivity contribution in [3.63, 3.8) is 0 Å². The summed E-state index contributed by atoms with van der Waals surface area (Å²) in [6.07, 6.45) is 0.942. The van der Waals surface area contributed by atoms with Gasteiger partial charge in [-0.15, -0.1) is 0 Å². The summed E-state index contributed by atoms with van der Waals surface area (Å²) in [6, 6.07) is 19.9. The first-order chi connectivity index (χ1) is 12.6. The lowest BCUT2D eigenvalue weighted by Gasteiger charge is -2.18. The first-order valence-electron chi connectivity index (χ1n) is 7.85. The number of carbonyl (C=O) groups is 1. The Morgan fingerprint density at radius 3 is 2.19 bits per heavy atom. The molecular weight excluding hydrogens is 340 g/mol. The van der Waals surface area contributed by atoms with Crippen LogP contribution in [0.2, 0.25) is 0 Å². The highest BCUT2D eigenvalue weighted by molar-refractivity contribution is 5.89. The van der Waals surface area contributed by atoms with Crippen molar-refractivity contribution in [2.45, 2.75) is 12.7 Å². The van der Waals surface area contributed by atoms with Crippen molar-refractivity contribution in [3.8, 4) is 5.75 Å². The van der Waals surface area contributed by atoms with Crippen LogP contribution in [0, 0.1) is 0 Å². The van der Waals surface area contributed by atoms with Gasteiger partial charge in [-0.05, 0) is 42.0 Å². The highest BCUT2D eigenvalue weighted by Gasteiger charge is 2.21. The van der Waals surface area contributed by atoms with Gasteiger partial charge in [0.15, 0.2) is 6.10 Å². The molecule has 0 aliphatic carbocycles. The lowest BCUT2D eigenvalue weighted by atomic mass is 10.1. The Bertz CT molecular complexity index is 800. The molecule has 26 heavy (non-hydrogen) atoms. The van der Waals surface area contributed by atoms with Crippen LogP contribution >= 0.6 is 0 Å². The zero-order valence-electron chi connectivity index (χ0n) is 13.6. The molecule has 0 fully saturated rings. The maximum atomic E-state index is 12.5. The number of hydrogen-bond donors (Lipinski definition) is 0. The Kier molecular flexibility index (Phi) is 5.53. The molecule has 3 rings (SSSR count). The first kappa shape index (κ1) is 17.5. The summed E-state index contributed by atoms with van der Waals surface area (Å²) in [5, 5.41) is 0.